The van der Waals surface area contributed by atoms with Gasteiger partial charge >= 0.3 is 5.97 Å². The number of carbonyl (C=O) groups excluding carboxylic acids is 1. The van der Waals surface area contributed by atoms with Crippen LogP contribution in [0.25, 0.3) is 21.7 Å². The molecule has 1 aromatic carbocycles. The number of ether oxygens (including phenoxy) is 1. The van der Waals surface area contributed by atoms with Crippen LogP contribution < -0.4 is 5.56 Å². The highest BCUT2D eigenvalue weighted by atomic mass is 16.5. The van der Waals surface area contributed by atoms with Gasteiger partial charge in [-0.15, -0.1) is 6.58 Å². The molecule has 0 unspecified atom stereocenters. The molecule has 0 atom stereocenters. The molecule has 0 aliphatic rings. The second kappa shape index (κ2) is 5.44. The Morgan fingerprint density at radius 3 is 2.86 bits per heavy atom. The van der Waals surface area contributed by atoms with E-state index in [4.69, 9.17) is 4.74 Å². The molecule has 0 fully saturated rings. The van der Waals surface area contributed by atoms with Gasteiger partial charge in [0, 0.05) is 24.3 Å². The predicted molar refractivity (Wildman–Crippen MR) is 85.0 cm³/mol. The predicted octanol–water partition coefficient (Wildman–Crippen LogP) is 2.52. The van der Waals surface area contributed by atoms with Gasteiger partial charge in [-0.2, -0.15) is 0 Å². The van der Waals surface area contributed by atoms with Crippen LogP contribution in [0.15, 0.2) is 54.1 Å². The molecule has 22 heavy (non-hydrogen) atoms. The van der Waals surface area contributed by atoms with E-state index in [2.05, 4.69) is 11.6 Å². The molecular weight excluding hydrogens is 280 g/mol. The monoisotopic (exact) mass is 294 g/mol. The summed E-state index contributed by atoms with van der Waals surface area (Å²) in [6.07, 6.45) is 4.85. The molecule has 3 aromatic rings. The van der Waals surface area contributed by atoms with E-state index >= 15 is 0 Å². The van der Waals surface area contributed by atoms with Gasteiger partial charge in [0.2, 0.25) is 0 Å². The molecule has 0 aliphatic heterocycles. The van der Waals surface area contributed by atoms with Crippen molar-refractivity contribution in [3.05, 3.63) is 65.2 Å². The Balaban J connectivity index is 2.48. The Morgan fingerprint density at radius 2 is 2.14 bits per heavy atom. The summed E-state index contributed by atoms with van der Waals surface area (Å²) in [5.74, 6) is -0.436. The number of benzene rings is 1. The fraction of sp³-hybridized carbons (Fsp3) is 0.118. The summed E-state index contributed by atoms with van der Waals surface area (Å²) in [5, 5.41) is 2.24. The number of nitrogens with zero attached hydrogens (tertiary/aromatic N) is 2. The van der Waals surface area contributed by atoms with E-state index in [0.29, 0.717) is 23.0 Å². The van der Waals surface area contributed by atoms with Crippen molar-refractivity contribution in [2.75, 3.05) is 7.11 Å². The van der Waals surface area contributed by atoms with Crippen LogP contribution in [-0.4, -0.2) is 22.6 Å². The Morgan fingerprint density at radius 1 is 1.32 bits per heavy atom. The smallest absolute Gasteiger partial charge is 0.337 e. The molecule has 0 spiro atoms. The number of esters is 1. The third-order valence-corrected chi connectivity index (χ3v) is 3.61. The van der Waals surface area contributed by atoms with E-state index in [0.717, 1.165) is 10.8 Å². The van der Waals surface area contributed by atoms with Crippen LogP contribution in [-0.2, 0) is 11.3 Å². The number of carbonyl (C=O) groups is 1. The number of rotatable bonds is 3. The minimum absolute atomic E-state index is 0.155. The first-order chi connectivity index (χ1) is 10.7. The molecule has 5 heteroatoms. The molecule has 110 valence electrons. The average molecular weight is 294 g/mol. The van der Waals surface area contributed by atoms with Gasteiger partial charge in [0.15, 0.2) is 0 Å². The van der Waals surface area contributed by atoms with E-state index in [-0.39, 0.29) is 5.56 Å². The minimum atomic E-state index is -0.436. The van der Waals surface area contributed by atoms with Crippen molar-refractivity contribution in [3.8, 4) is 0 Å². The van der Waals surface area contributed by atoms with Gasteiger partial charge in [-0.3, -0.25) is 9.78 Å². The second-order valence-electron chi connectivity index (χ2n) is 4.85. The third-order valence-electron chi connectivity index (χ3n) is 3.61. The Hall–Kier alpha value is -2.95. The van der Waals surface area contributed by atoms with Gasteiger partial charge in [-0.25, -0.2) is 4.79 Å². The first-order valence-electron chi connectivity index (χ1n) is 6.77. The Labute approximate surface area is 126 Å². The number of allylic oxidation sites excluding steroid dienone is 1. The topological polar surface area (TPSA) is 61.2 Å². The van der Waals surface area contributed by atoms with Crippen LogP contribution in [0.1, 0.15) is 10.4 Å². The lowest BCUT2D eigenvalue weighted by Gasteiger charge is -2.12. The van der Waals surface area contributed by atoms with Gasteiger partial charge < -0.3 is 9.30 Å². The molecule has 0 aliphatic carbocycles. The van der Waals surface area contributed by atoms with E-state index in [1.807, 2.05) is 6.07 Å². The molecule has 0 N–H and O–H groups in total. The first kappa shape index (κ1) is 14.0. The van der Waals surface area contributed by atoms with Crippen molar-refractivity contribution in [1.29, 1.82) is 0 Å². The summed E-state index contributed by atoms with van der Waals surface area (Å²) < 4.78 is 6.33. The van der Waals surface area contributed by atoms with Crippen molar-refractivity contribution in [2.24, 2.45) is 0 Å². The molecule has 3 rings (SSSR count). The number of hydrogen-bond donors (Lipinski definition) is 0. The van der Waals surface area contributed by atoms with Crippen molar-refractivity contribution in [2.45, 2.75) is 6.54 Å². The van der Waals surface area contributed by atoms with Crippen LogP contribution in [0, 0.1) is 0 Å². The summed E-state index contributed by atoms with van der Waals surface area (Å²) >= 11 is 0. The number of hydrogen-bond acceptors (Lipinski definition) is 4. The fourth-order valence-electron chi connectivity index (χ4n) is 2.59. The van der Waals surface area contributed by atoms with E-state index in [9.17, 15) is 9.59 Å². The molecule has 0 bridgehead atoms. The number of aromatic nitrogens is 2. The van der Waals surface area contributed by atoms with Crippen LogP contribution in [0.3, 0.4) is 0 Å². The Bertz CT molecular complexity index is 957. The molecule has 2 heterocycles. The maximum absolute atomic E-state index is 12.6. The van der Waals surface area contributed by atoms with Gasteiger partial charge in [0.25, 0.3) is 5.56 Å². The van der Waals surface area contributed by atoms with Crippen LogP contribution in [0.2, 0.25) is 0 Å². The van der Waals surface area contributed by atoms with Gasteiger partial charge in [-0.1, -0.05) is 12.1 Å². The lowest BCUT2D eigenvalue weighted by Crippen LogP contribution is -2.20. The molecule has 0 amide bonds. The van der Waals surface area contributed by atoms with Crippen molar-refractivity contribution < 1.29 is 9.53 Å². The zero-order valence-electron chi connectivity index (χ0n) is 12.1. The van der Waals surface area contributed by atoms with E-state index < -0.39 is 5.97 Å². The highest BCUT2D eigenvalue weighted by Gasteiger charge is 2.13. The zero-order valence-corrected chi connectivity index (χ0v) is 12.1. The molecular formula is C17H14N2O3. The zero-order chi connectivity index (χ0) is 15.7. The molecule has 0 radical (unpaired) electrons. The minimum Gasteiger partial charge on any atom is -0.465 e. The largest absolute Gasteiger partial charge is 0.465 e. The normalized spacial score (nSPS) is 10.8. The van der Waals surface area contributed by atoms with Gasteiger partial charge in [0.05, 0.1) is 23.6 Å². The van der Waals surface area contributed by atoms with Gasteiger partial charge in [-0.05, 0) is 23.6 Å². The van der Waals surface area contributed by atoms with E-state index in [1.54, 1.807) is 41.2 Å². The fourth-order valence-corrected chi connectivity index (χ4v) is 2.59. The number of fused-ring (bicyclic) bond motifs is 3. The summed E-state index contributed by atoms with van der Waals surface area (Å²) in [6.45, 7) is 4.04. The molecule has 2 aromatic heterocycles. The van der Waals surface area contributed by atoms with Crippen molar-refractivity contribution in [3.63, 3.8) is 0 Å². The summed E-state index contributed by atoms with van der Waals surface area (Å²) in [5.41, 5.74) is 0.921. The summed E-state index contributed by atoms with van der Waals surface area (Å²) in [7, 11) is 1.33. The highest BCUT2D eigenvalue weighted by molar-refractivity contribution is 6.07. The second-order valence-corrected chi connectivity index (χ2v) is 4.85. The lowest BCUT2D eigenvalue weighted by molar-refractivity contribution is 0.0601. The van der Waals surface area contributed by atoms with Crippen molar-refractivity contribution >= 4 is 27.6 Å². The first-order valence-corrected chi connectivity index (χ1v) is 6.77. The van der Waals surface area contributed by atoms with Crippen LogP contribution >= 0.6 is 0 Å². The standard InChI is InChI=1S/C17H14N2O3/c1-3-8-19-15-9-11(17(21)22-2)4-5-13(15)12-6-7-18-10-14(12)16(19)20/h3-7,9-10H,1,8H2,2H3. The third kappa shape index (κ3) is 2.07. The quantitative estimate of drug-likeness (QED) is 0.423. The number of pyridine rings is 2. The highest BCUT2D eigenvalue weighted by Crippen LogP contribution is 2.23. The van der Waals surface area contributed by atoms with E-state index in [1.165, 1.54) is 7.11 Å². The number of methoxy groups -OCH3 is 1. The van der Waals surface area contributed by atoms with Crippen molar-refractivity contribution in [1.82, 2.24) is 9.55 Å². The maximum atomic E-state index is 12.6. The van der Waals surface area contributed by atoms with Crippen LogP contribution in [0.4, 0.5) is 0 Å². The summed E-state index contributed by atoms with van der Waals surface area (Å²) in [4.78, 5) is 28.4. The van der Waals surface area contributed by atoms with Crippen LogP contribution in [0.5, 0.6) is 0 Å². The average Bonchev–Trinajstić information content (AvgIpc) is 2.57. The SMILES string of the molecule is C=CCn1c(=O)c2cnccc2c2ccc(C(=O)OC)cc21. The summed E-state index contributed by atoms with van der Waals surface area (Å²) in [6, 6.07) is 6.99. The lowest BCUT2D eigenvalue weighted by atomic mass is 10.1. The van der Waals surface area contributed by atoms with Gasteiger partial charge in [0.1, 0.15) is 0 Å². The molecule has 0 saturated carbocycles. The Kier molecular flexibility index (Phi) is 3.47. The molecule has 0 saturated heterocycles. The maximum Gasteiger partial charge on any atom is 0.337 e. The molecule has 5 nitrogen and oxygen atoms in total.